The number of hydrogen-bond acceptors (Lipinski definition) is 5. The summed E-state index contributed by atoms with van der Waals surface area (Å²) in [6, 6.07) is 6.40. The molecule has 0 radical (unpaired) electrons. The van der Waals surface area contributed by atoms with Gasteiger partial charge >= 0.3 is 6.03 Å². The molecule has 0 fully saturated rings. The lowest BCUT2D eigenvalue weighted by Gasteiger charge is -2.16. The maximum Gasteiger partial charge on any atom is 0.316 e. The number of anilines is 1. The number of amides is 3. The van der Waals surface area contributed by atoms with Gasteiger partial charge in [0.1, 0.15) is 0 Å². The van der Waals surface area contributed by atoms with Crippen molar-refractivity contribution >= 4 is 28.7 Å². The minimum Gasteiger partial charge on any atom is -0.479 e. The number of methoxy groups -OCH3 is 1. The lowest BCUT2D eigenvalue weighted by Crippen LogP contribution is -2.27. The number of carbonyl (C=O) groups is 2. The van der Waals surface area contributed by atoms with Crippen molar-refractivity contribution in [2.75, 3.05) is 12.4 Å². The highest BCUT2D eigenvalue weighted by molar-refractivity contribution is 5.88. The SMILES string of the molecule is COc1nn(C)c2nc(C)c(CCC(=O)NC(C)c3ccc(NC(N)=O)cc3)c(C)c12. The molecule has 1 aromatic carbocycles. The van der Waals surface area contributed by atoms with Crippen molar-refractivity contribution in [1.29, 1.82) is 0 Å². The third-order valence-corrected chi connectivity index (χ3v) is 5.37. The van der Waals surface area contributed by atoms with Crippen molar-refractivity contribution in [3.8, 4) is 5.88 Å². The summed E-state index contributed by atoms with van der Waals surface area (Å²) >= 11 is 0. The third kappa shape index (κ3) is 4.76. The Balaban J connectivity index is 1.68. The molecule has 1 unspecified atom stereocenters. The first kappa shape index (κ1) is 22.1. The van der Waals surface area contributed by atoms with Crippen LogP contribution in [0.25, 0.3) is 11.0 Å². The van der Waals surface area contributed by atoms with Crippen LogP contribution in [0.15, 0.2) is 24.3 Å². The number of primary amides is 1. The van der Waals surface area contributed by atoms with Crippen LogP contribution in [0.2, 0.25) is 0 Å². The Labute approximate surface area is 181 Å². The monoisotopic (exact) mass is 424 g/mol. The van der Waals surface area contributed by atoms with E-state index in [2.05, 4.69) is 20.7 Å². The summed E-state index contributed by atoms with van der Waals surface area (Å²) in [6.45, 7) is 5.88. The Morgan fingerprint density at radius 1 is 1.23 bits per heavy atom. The molecule has 31 heavy (non-hydrogen) atoms. The van der Waals surface area contributed by atoms with Crippen LogP contribution in [-0.2, 0) is 18.3 Å². The van der Waals surface area contributed by atoms with Gasteiger partial charge in [0.2, 0.25) is 11.8 Å². The van der Waals surface area contributed by atoms with Crippen LogP contribution in [0.4, 0.5) is 10.5 Å². The normalized spacial score (nSPS) is 11.9. The Bertz CT molecular complexity index is 1120. The van der Waals surface area contributed by atoms with E-state index in [0.717, 1.165) is 33.4 Å². The molecule has 9 heteroatoms. The van der Waals surface area contributed by atoms with Crippen molar-refractivity contribution in [1.82, 2.24) is 20.1 Å². The van der Waals surface area contributed by atoms with Gasteiger partial charge in [0, 0.05) is 24.8 Å². The van der Waals surface area contributed by atoms with Crippen LogP contribution < -0.4 is 21.1 Å². The van der Waals surface area contributed by atoms with E-state index in [1.807, 2.05) is 40.0 Å². The number of hydrogen-bond donors (Lipinski definition) is 3. The van der Waals surface area contributed by atoms with Gasteiger partial charge in [-0.3, -0.25) is 4.79 Å². The van der Waals surface area contributed by atoms with Crippen LogP contribution in [0.3, 0.4) is 0 Å². The van der Waals surface area contributed by atoms with Gasteiger partial charge in [0.25, 0.3) is 0 Å². The highest BCUT2D eigenvalue weighted by atomic mass is 16.5. The van der Waals surface area contributed by atoms with Crippen molar-refractivity contribution in [3.05, 3.63) is 46.6 Å². The molecule has 0 aliphatic carbocycles. The number of rotatable bonds is 7. The summed E-state index contributed by atoms with van der Waals surface area (Å²) in [7, 11) is 3.42. The maximum atomic E-state index is 12.6. The zero-order valence-corrected chi connectivity index (χ0v) is 18.4. The van der Waals surface area contributed by atoms with E-state index in [1.54, 1.807) is 23.9 Å². The number of nitrogens with zero attached hydrogens (tertiary/aromatic N) is 3. The zero-order chi connectivity index (χ0) is 22.7. The Morgan fingerprint density at radius 3 is 2.52 bits per heavy atom. The van der Waals surface area contributed by atoms with Gasteiger partial charge in [-0.15, -0.1) is 5.10 Å². The molecule has 3 aromatic rings. The van der Waals surface area contributed by atoms with E-state index >= 15 is 0 Å². The minimum absolute atomic E-state index is 0.0520. The molecule has 0 bridgehead atoms. The largest absolute Gasteiger partial charge is 0.479 e. The average molecular weight is 425 g/mol. The molecular weight excluding hydrogens is 396 g/mol. The van der Waals surface area contributed by atoms with Crippen molar-refractivity contribution in [3.63, 3.8) is 0 Å². The number of fused-ring (bicyclic) bond motifs is 1. The van der Waals surface area contributed by atoms with Gasteiger partial charge in [-0.1, -0.05) is 12.1 Å². The number of urea groups is 1. The van der Waals surface area contributed by atoms with Gasteiger partial charge in [0.15, 0.2) is 5.65 Å². The van der Waals surface area contributed by atoms with Crippen LogP contribution in [0.1, 0.15) is 41.8 Å². The molecule has 0 saturated carbocycles. The zero-order valence-electron chi connectivity index (χ0n) is 18.4. The van der Waals surface area contributed by atoms with E-state index < -0.39 is 6.03 Å². The van der Waals surface area contributed by atoms with Gasteiger partial charge in [-0.25, -0.2) is 14.5 Å². The number of benzene rings is 1. The first-order valence-electron chi connectivity index (χ1n) is 10.0. The highest BCUT2D eigenvalue weighted by Crippen LogP contribution is 2.30. The first-order valence-corrected chi connectivity index (χ1v) is 10.0. The molecule has 9 nitrogen and oxygen atoms in total. The standard InChI is InChI=1S/C22H28N6O3/c1-12-17(14(3)25-20-19(12)21(31-5)27-28(20)4)10-11-18(29)24-13(2)15-6-8-16(9-7-15)26-22(23)30/h6-9,13H,10-11H2,1-5H3,(H,24,29)(H3,23,26,30). The summed E-state index contributed by atoms with van der Waals surface area (Å²) in [5.74, 6) is 0.486. The predicted octanol–water partition coefficient (Wildman–Crippen LogP) is 2.89. The number of nitrogens with one attached hydrogen (secondary N) is 2. The topological polar surface area (TPSA) is 124 Å². The molecule has 1 atom stereocenters. The Hall–Kier alpha value is -3.62. The minimum atomic E-state index is -0.615. The van der Waals surface area contributed by atoms with Crippen LogP contribution in [0.5, 0.6) is 5.88 Å². The van der Waals surface area contributed by atoms with Gasteiger partial charge in [0.05, 0.1) is 18.5 Å². The molecule has 3 amide bonds. The quantitative estimate of drug-likeness (QED) is 0.538. The highest BCUT2D eigenvalue weighted by Gasteiger charge is 2.19. The van der Waals surface area contributed by atoms with Crippen molar-refractivity contribution in [2.45, 2.75) is 39.7 Å². The fourth-order valence-corrected chi connectivity index (χ4v) is 3.74. The Morgan fingerprint density at radius 2 is 1.90 bits per heavy atom. The second-order valence-electron chi connectivity index (χ2n) is 7.53. The second-order valence-corrected chi connectivity index (χ2v) is 7.53. The molecule has 4 N–H and O–H groups in total. The lowest BCUT2D eigenvalue weighted by molar-refractivity contribution is -0.121. The van der Waals surface area contributed by atoms with Crippen molar-refractivity contribution in [2.24, 2.45) is 12.8 Å². The molecule has 164 valence electrons. The number of carbonyl (C=O) groups excluding carboxylic acids is 2. The molecular formula is C22H28N6O3. The molecule has 2 heterocycles. The van der Waals surface area contributed by atoms with Crippen LogP contribution in [-0.4, -0.2) is 33.8 Å². The lowest BCUT2D eigenvalue weighted by atomic mass is 10.00. The van der Waals surface area contributed by atoms with Gasteiger partial charge in [-0.05, 0) is 56.0 Å². The van der Waals surface area contributed by atoms with Crippen LogP contribution in [0, 0.1) is 13.8 Å². The summed E-state index contributed by atoms with van der Waals surface area (Å²) < 4.78 is 7.10. The van der Waals surface area contributed by atoms with E-state index in [0.29, 0.717) is 24.4 Å². The Kier molecular flexibility index (Phi) is 6.43. The molecule has 0 aliphatic heterocycles. The smallest absolute Gasteiger partial charge is 0.316 e. The maximum absolute atomic E-state index is 12.6. The van der Waals surface area contributed by atoms with Gasteiger partial charge in [-0.2, -0.15) is 0 Å². The number of nitrogens with two attached hydrogens (primary N) is 1. The molecule has 0 spiro atoms. The van der Waals surface area contributed by atoms with Crippen molar-refractivity contribution < 1.29 is 14.3 Å². The molecule has 0 aliphatic rings. The molecule has 3 rings (SSSR count). The third-order valence-electron chi connectivity index (χ3n) is 5.37. The predicted molar refractivity (Wildman–Crippen MR) is 119 cm³/mol. The number of aryl methyl sites for hydroxylation is 3. The molecule has 2 aromatic heterocycles. The first-order chi connectivity index (χ1) is 14.7. The second kappa shape index (κ2) is 9.03. The van der Waals surface area contributed by atoms with E-state index in [9.17, 15) is 9.59 Å². The van der Waals surface area contributed by atoms with Crippen LogP contribution >= 0.6 is 0 Å². The summed E-state index contributed by atoms with van der Waals surface area (Å²) in [4.78, 5) is 28.2. The van der Waals surface area contributed by atoms with Gasteiger partial charge < -0.3 is 21.1 Å². The molecule has 0 saturated heterocycles. The summed E-state index contributed by atoms with van der Waals surface area (Å²) in [5, 5.41) is 10.8. The average Bonchev–Trinajstić information content (AvgIpc) is 3.03. The van der Waals surface area contributed by atoms with E-state index in [-0.39, 0.29) is 11.9 Å². The van der Waals surface area contributed by atoms with E-state index in [1.165, 1.54) is 0 Å². The number of ether oxygens (including phenoxy) is 1. The fourth-order valence-electron chi connectivity index (χ4n) is 3.74. The number of pyridine rings is 1. The fraction of sp³-hybridized carbons (Fsp3) is 0.364. The summed E-state index contributed by atoms with van der Waals surface area (Å²) in [6.07, 6.45) is 0.905. The van der Waals surface area contributed by atoms with E-state index in [4.69, 9.17) is 10.5 Å². The number of aromatic nitrogens is 3. The summed E-state index contributed by atoms with van der Waals surface area (Å²) in [5.41, 5.74) is 10.4.